The minimum absolute atomic E-state index is 0.354. The van der Waals surface area contributed by atoms with Crippen LogP contribution in [0, 0.1) is 0 Å². The van der Waals surface area contributed by atoms with Crippen molar-refractivity contribution in [1.29, 1.82) is 0 Å². The molecule has 2 heteroatoms. The SMILES string of the molecule is CCNC(CC)c1ccccc1OCc1ccccc1. The maximum absolute atomic E-state index is 6.01. The van der Waals surface area contributed by atoms with Crippen molar-refractivity contribution < 1.29 is 4.74 Å². The van der Waals surface area contributed by atoms with E-state index >= 15 is 0 Å². The molecule has 0 bridgehead atoms. The van der Waals surface area contributed by atoms with Crippen molar-refractivity contribution in [3.05, 3.63) is 65.7 Å². The second kappa shape index (κ2) is 7.71. The van der Waals surface area contributed by atoms with Crippen molar-refractivity contribution in [2.45, 2.75) is 32.9 Å². The molecule has 106 valence electrons. The summed E-state index contributed by atoms with van der Waals surface area (Å²) >= 11 is 0. The van der Waals surface area contributed by atoms with Crippen LogP contribution in [0.2, 0.25) is 0 Å². The highest BCUT2D eigenvalue weighted by Crippen LogP contribution is 2.27. The van der Waals surface area contributed by atoms with E-state index in [1.54, 1.807) is 0 Å². The van der Waals surface area contributed by atoms with E-state index in [1.165, 1.54) is 11.1 Å². The summed E-state index contributed by atoms with van der Waals surface area (Å²) in [4.78, 5) is 0. The molecule has 0 saturated heterocycles. The third-order valence-electron chi connectivity index (χ3n) is 3.39. The first-order valence-corrected chi connectivity index (χ1v) is 7.34. The van der Waals surface area contributed by atoms with E-state index in [0.29, 0.717) is 12.6 Å². The Hall–Kier alpha value is -1.80. The van der Waals surface area contributed by atoms with Crippen LogP contribution in [0.3, 0.4) is 0 Å². The number of ether oxygens (including phenoxy) is 1. The largest absolute Gasteiger partial charge is 0.489 e. The quantitative estimate of drug-likeness (QED) is 0.808. The third kappa shape index (κ3) is 3.84. The van der Waals surface area contributed by atoms with Gasteiger partial charge in [-0.15, -0.1) is 0 Å². The maximum Gasteiger partial charge on any atom is 0.124 e. The maximum atomic E-state index is 6.01. The molecular formula is C18H23NO. The molecule has 1 atom stereocenters. The summed E-state index contributed by atoms with van der Waals surface area (Å²) in [5.74, 6) is 0.976. The summed E-state index contributed by atoms with van der Waals surface area (Å²) in [6.07, 6.45) is 1.06. The molecule has 0 radical (unpaired) electrons. The van der Waals surface area contributed by atoms with Crippen LogP contribution in [0.5, 0.6) is 5.75 Å². The summed E-state index contributed by atoms with van der Waals surface area (Å²) in [7, 11) is 0. The van der Waals surface area contributed by atoms with Crippen molar-refractivity contribution in [2.75, 3.05) is 6.54 Å². The molecular weight excluding hydrogens is 246 g/mol. The molecule has 1 N–H and O–H groups in total. The van der Waals surface area contributed by atoms with Gasteiger partial charge in [-0.05, 0) is 24.6 Å². The minimum atomic E-state index is 0.354. The van der Waals surface area contributed by atoms with E-state index in [4.69, 9.17) is 4.74 Å². The van der Waals surface area contributed by atoms with Crippen LogP contribution in [0.4, 0.5) is 0 Å². The van der Waals surface area contributed by atoms with E-state index in [9.17, 15) is 0 Å². The Morgan fingerprint density at radius 1 is 0.950 bits per heavy atom. The Morgan fingerprint density at radius 3 is 2.35 bits per heavy atom. The fraction of sp³-hybridized carbons (Fsp3) is 0.333. The van der Waals surface area contributed by atoms with Crippen LogP contribution in [-0.4, -0.2) is 6.54 Å². The molecule has 2 aromatic rings. The summed E-state index contributed by atoms with van der Waals surface area (Å²) in [5, 5.41) is 3.51. The summed E-state index contributed by atoms with van der Waals surface area (Å²) in [6, 6.07) is 18.9. The molecule has 2 rings (SSSR count). The molecule has 0 aliphatic rings. The van der Waals surface area contributed by atoms with E-state index in [1.807, 2.05) is 24.3 Å². The molecule has 2 aromatic carbocycles. The lowest BCUT2D eigenvalue weighted by atomic mass is 10.0. The van der Waals surface area contributed by atoms with Crippen LogP contribution in [0.1, 0.15) is 37.4 Å². The number of nitrogens with one attached hydrogen (secondary N) is 1. The monoisotopic (exact) mass is 269 g/mol. The van der Waals surface area contributed by atoms with Crippen molar-refractivity contribution in [3.63, 3.8) is 0 Å². The Balaban J connectivity index is 2.11. The summed E-state index contributed by atoms with van der Waals surface area (Å²) < 4.78 is 6.01. The first kappa shape index (κ1) is 14.6. The second-order valence-corrected chi connectivity index (χ2v) is 4.83. The zero-order valence-electron chi connectivity index (χ0n) is 12.3. The molecule has 2 nitrogen and oxygen atoms in total. The van der Waals surface area contributed by atoms with Crippen LogP contribution in [-0.2, 0) is 6.61 Å². The fourth-order valence-corrected chi connectivity index (χ4v) is 2.36. The zero-order valence-corrected chi connectivity index (χ0v) is 12.3. The molecule has 0 saturated carbocycles. The van der Waals surface area contributed by atoms with Gasteiger partial charge in [0.15, 0.2) is 0 Å². The molecule has 0 spiro atoms. The number of hydrogen-bond acceptors (Lipinski definition) is 2. The van der Waals surface area contributed by atoms with Crippen molar-refractivity contribution >= 4 is 0 Å². The zero-order chi connectivity index (χ0) is 14.2. The Morgan fingerprint density at radius 2 is 1.65 bits per heavy atom. The average Bonchev–Trinajstić information content (AvgIpc) is 2.52. The van der Waals surface area contributed by atoms with Crippen LogP contribution in [0.15, 0.2) is 54.6 Å². The average molecular weight is 269 g/mol. The highest BCUT2D eigenvalue weighted by molar-refractivity contribution is 5.36. The molecule has 0 amide bonds. The fourth-order valence-electron chi connectivity index (χ4n) is 2.36. The summed E-state index contributed by atoms with van der Waals surface area (Å²) in [6.45, 7) is 5.91. The van der Waals surface area contributed by atoms with E-state index in [-0.39, 0.29) is 0 Å². The normalized spacial score (nSPS) is 12.1. The van der Waals surface area contributed by atoms with Gasteiger partial charge in [-0.25, -0.2) is 0 Å². The number of hydrogen-bond donors (Lipinski definition) is 1. The molecule has 0 heterocycles. The lowest BCUT2D eigenvalue weighted by Gasteiger charge is -2.20. The Kier molecular flexibility index (Phi) is 5.63. The van der Waals surface area contributed by atoms with Gasteiger partial charge in [-0.3, -0.25) is 0 Å². The van der Waals surface area contributed by atoms with Crippen molar-refractivity contribution in [3.8, 4) is 5.75 Å². The van der Waals surface area contributed by atoms with E-state index in [0.717, 1.165) is 18.7 Å². The predicted octanol–water partition coefficient (Wildman–Crippen LogP) is 4.33. The Labute approximate surface area is 121 Å². The number of benzene rings is 2. The molecule has 20 heavy (non-hydrogen) atoms. The smallest absolute Gasteiger partial charge is 0.124 e. The van der Waals surface area contributed by atoms with Gasteiger partial charge in [0, 0.05) is 11.6 Å². The molecule has 0 aliphatic carbocycles. The first-order valence-electron chi connectivity index (χ1n) is 7.34. The van der Waals surface area contributed by atoms with Gasteiger partial charge in [0.1, 0.15) is 12.4 Å². The highest BCUT2D eigenvalue weighted by atomic mass is 16.5. The van der Waals surface area contributed by atoms with Crippen molar-refractivity contribution in [1.82, 2.24) is 5.32 Å². The predicted molar refractivity (Wildman–Crippen MR) is 83.9 cm³/mol. The van der Waals surface area contributed by atoms with Gasteiger partial charge >= 0.3 is 0 Å². The third-order valence-corrected chi connectivity index (χ3v) is 3.39. The first-order chi connectivity index (χ1) is 9.85. The van der Waals surface area contributed by atoms with Crippen molar-refractivity contribution in [2.24, 2.45) is 0 Å². The standard InChI is InChI=1S/C18H23NO/c1-3-17(19-4-2)16-12-8-9-13-18(16)20-14-15-10-6-5-7-11-15/h5-13,17,19H,3-4,14H2,1-2H3. The molecule has 0 aromatic heterocycles. The molecule has 1 unspecified atom stereocenters. The van der Waals surface area contributed by atoms with E-state index in [2.05, 4.69) is 49.5 Å². The van der Waals surface area contributed by atoms with Crippen LogP contribution >= 0.6 is 0 Å². The Bertz CT molecular complexity index is 510. The topological polar surface area (TPSA) is 21.3 Å². The minimum Gasteiger partial charge on any atom is -0.489 e. The number of rotatable bonds is 7. The summed E-state index contributed by atoms with van der Waals surface area (Å²) in [5.41, 5.74) is 2.44. The lowest BCUT2D eigenvalue weighted by Crippen LogP contribution is -2.20. The van der Waals surface area contributed by atoms with E-state index < -0.39 is 0 Å². The van der Waals surface area contributed by atoms with Crippen LogP contribution < -0.4 is 10.1 Å². The number of para-hydroxylation sites is 1. The van der Waals surface area contributed by atoms with Gasteiger partial charge in [0.2, 0.25) is 0 Å². The van der Waals surface area contributed by atoms with Gasteiger partial charge < -0.3 is 10.1 Å². The molecule has 0 fully saturated rings. The highest BCUT2D eigenvalue weighted by Gasteiger charge is 2.12. The van der Waals surface area contributed by atoms with Gasteiger partial charge in [-0.1, -0.05) is 62.4 Å². The lowest BCUT2D eigenvalue weighted by molar-refractivity contribution is 0.298. The van der Waals surface area contributed by atoms with Gasteiger partial charge in [0.05, 0.1) is 0 Å². The van der Waals surface area contributed by atoms with Crippen LogP contribution in [0.25, 0.3) is 0 Å². The molecule has 0 aliphatic heterocycles. The van der Waals surface area contributed by atoms with Gasteiger partial charge in [0.25, 0.3) is 0 Å². The second-order valence-electron chi connectivity index (χ2n) is 4.83. The van der Waals surface area contributed by atoms with Gasteiger partial charge in [-0.2, -0.15) is 0 Å².